The number of hydrogen-bond donors (Lipinski definition) is 2. The lowest BCUT2D eigenvalue weighted by molar-refractivity contribution is -0.117. The van der Waals surface area contributed by atoms with Gasteiger partial charge in [0.2, 0.25) is 21.8 Å². The fourth-order valence-electron chi connectivity index (χ4n) is 2.96. The van der Waals surface area contributed by atoms with Crippen molar-refractivity contribution in [2.45, 2.75) is 19.4 Å². The molecule has 1 amide bonds. The molecule has 2 N–H and O–H groups in total. The minimum Gasteiger partial charge on any atom is -0.481 e. The fourth-order valence-corrected chi connectivity index (χ4v) is 3.37. The van der Waals surface area contributed by atoms with E-state index >= 15 is 0 Å². The van der Waals surface area contributed by atoms with Crippen LogP contribution in [0.15, 0.2) is 54.9 Å². The number of amides is 1. The molecule has 2 aromatic heterocycles. The first-order valence-electron chi connectivity index (χ1n) is 9.67. The number of ether oxygens (including phenoxy) is 1. The van der Waals surface area contributed by atoms with E-state index in [-0.39, 0.29) is 18.0 Å². The molecule has 3 rings (SSSR count). The molecule has 168 valence electrons. The lowest BCUT2D eigenvalue weighted by atomic mass is 9.98. The summed E-state index contributed by atoms with van der Waals surface area (Å²) in [6.07, 6.45) is 4.26. The van der Waals surface area contributed by atoms with Crippen LogP contribution >= 0.6 is 0 Å². The zero-order chi connectivity index (χ0) is 23.3. The number of sulfonamides is 1. The summed E-state index contributed by atoms with van der Waals surface area (Å²) in [5.74, 6) is -1.25. The van der Waals surface area contributed by atoms with Crippen molar-refractivity contribution in [1.29, 1.82) is 0 Å². The number of carbonyl (C=O) groups excluding carboxylic acids is 1. The number of anilines is 1. The molecule has 0 saturated heterocycles. The minimum atomic E-state index is -3.45. The molecular formula is C22H23FN4O4S. The van der Waals surface area contributed by atoms with Gasteiger partial charge in [-0.25, -0.2) is 22.5 Å². The third-order valence-electron chi connectivity index (χ3n) is 4.77. The summed E-state index contributed by atoms with van der Waals surface area (Å²) in [7, 11) is -1.95. The Morgan fingerprint density at radius 3 is 2.62 bits per heavy atom. The number of aromatic nitrogens is 2. The number of methoxy groups -OCH3 is 1. The van der Waals surface area contributed by atoms with Crippen molar-refractivity contribution in [3.05, 3.63) is 71.8 Å². The largest absolute Gasteiger partial charge is 0.481 e. The molecule has 1 unspecified atom stereocenters. The summed E-state index contributed by atoms with van der Waals surface area (Å²) >= 11 is 0. The topological polar surface area (TPSA) is 110 Å². The van der Waals surface area contributed by atoms with Crippen molar-refractivity contribution in [2.75, 3.05) is 18.7 Å². The molecule has 0 aliphatic carbocycles. The molecule has 0 bridgehead atoms. The van der Waals surface area contributed by atoms with E-state index < -0.39 is 21.8 Å². The van der Waals surface area contributed by atoms with Gasteiger partial charge < -0.3 is 10.1 Å². The van der Waals surface area contributed by atoms with Gasteiger partial charge in [0.1, 0.15) is 5.82 Å². The van der Waals surface area contributed by atoms with Gasteiger partial charge in [-0.1, -0.05) is 12.1 Å². The third kappa shape index (κ3) is 5.86. The lowest BCUT2D eigenvalue weighted by Gasteiger charge is -2.16. The van der Waals surface area contributed by atoms with Gasteiger partial charge in [0, 0.05) is 36.1 Å². The summed E-state index contributed by atoms with van der Waals surface area (Å²) in [6, 6.07) is 11.2. The normalized spacial score (nSPS) is 12.2. The highest BCUT2D eigenvalue weighted by atomic mass is 32.2. The van der Waals surface area contributed by atoms with Gasteiger partial charge >= 0.3 is 0 Å². The molecule has 0 radical (unpaired) electrons. The Bertz CT molecular complexity index is 1220. The Hall–Kier alpha value is -3.37. The van der Waals surface area contributed by atoms with Gasteiger partial charge in [-0.2, -0.15) is 0 Å². The summed E-state index contributed by atoms with van der Waals surface area (Å²) in [5.41, 5.74) is 2.29. The molecule has 1 atom stereocenters. The zero-order valence-electron chi connectivity index (χ0n) is 17.8. The van der Waals surface area contributed by atoms with Crippen molar-refractivity contribution in [3.8, 4) is 17.1 Å². The number of nitrogens with one attached hydrogen (secondary N) is 2. The van der Waals surface area contributed by atoms with Crippen LogP contribution in [0.4, 0.5) is 10.1 Å². The Labute approximate surface area is 185 Å². The molecule has 2 heterocycles. The third-order valence-corrected chi connectivity index (χ3v) is 5.44. The molecule has 0 aliphatic heterocycles. The van der Waals surface area contributed by atoms with Gasteiger partial charge in [0.15, 0.2) is 0 Å². The molecule has 3 aromatic rings. The second-order valence-electron chi connectivity index (χ2n) is 7.15. The van der Waals surface area contributed by atoms with Crippen LogP contribution in [0.2, 0.25) is 0 Å². The van der Waals surface area contributed by atoms with Crippen molar-refractivity contribution in [2.24, 2.45) is 0 Å². The predicted molar refractivity (Wildman–Crippen MR) is 119 cm³/mol. The van der Waals surface area contributed by atoms with Crippen LogP contribution in [0.5, 0.6) is 5.88 Å². The molecule has 0 saturated carbocycles. The lowest BCUT2D eigenvalue weighted by Crippen LogP contribution is -2.22. The van der Waals surface area contributed by atoms with E-state index in [2.05, 4.69) is 20.0 Å². The van der Waals surface area contributed by atoms with Crippen LogP contribution in [0.25, 0.3) is 11.3 Å². The molecule has 1 aromatic carbocycles. The number of hydrogen-bond acceptors (Lipinski definition) is 6. The maximum absolute atomic E-state index is 14.4. The van der Waals surface area contributed by atoms with Crippen LogP contribution in [0.1, 0.15) is 24.0 Å². The second kappa shape index (κ2) is 9.84. The monoisotopic (exact) mass is 458 g/mol. The summed E-state index contributed by atoms with van der Waals surface area (Å²) in [4.78, 5) is 21.4. The van der Waals surface area contributed by atoms with Gasteiger partial charge in [0.05, 0.1) is 30.7 Å². The number of halogens is 1. The molecule has 8 nitrogen and oxygen atoms in total. The number of benzene rings is 1. The summed E-state index contributed by atoms with van der Waals surface area (Å²) in [6.45, 7) is 1.48. The number of rotatable bonds is 8. The average molecular weight is 459 g/mol. The Morgan fingerprint density at radius 1 is 1.22 bits per heavy atom. The van der Waals surface area contributed by atoms with Crippen LogP contribution in [-0.2, 0) is 21.4 Å². The fraction of sp³-hybridized carbons (Fsp3) is 0.227. The Morgan fingerprint density at radius 2 is 2.00 bits per heavy atom. The van der Waals surface area contributed by atoms with E-state index in [1.807, 2.05) is 6.07 Å². The van der Waals surface area contributed by atoms with E-state index in [1.54, 1.807) is 43.6 Å². The standard InChI is InChI=1S/C22H23FN4O4S/c1-14(15-6-7-16(18(23)11-15)13-25-32(3,29)30)22(28)26-19-8-9-20(31-2)27-21(19)17-5-4-10-24-12-17/h4-12,14,25H,13H2,1-3H3,(H,26,28). The molecule has 0 aliphatic rings. The SMILES string of the molecule is COc1ccc(NC(=O)C(C)c2ccc(CNS(C)(=O)=O)c(F)c2)c(-c2cccnc2)n1. The van der Waals surface area contributed by atoms with Gasteiger partial charge in [-0.15, -0.1) is 0 Å². The Kier molecular flexibility index (Phi) is 7.16. The molecule has 0 spiro atoms. The number of nitrogens with zero attached hydrogens (tertiary/aromatic N) is 2. The van der Waals surface area contributed by atoms with E-state index in [0.717, 1.165) is 6.26 Å². The van der Waals surface area contributed by atoms with Crippen LogP contribution in [0.3, 0.4) is 0 Å². The highest BCUT2D eigenvalue weighted by molar-refractivity contribution is 7.88. The predicted octanol–water partition coefficient (Wildman–Crippen LogP) is 3.08. The second-order valence-corrected chi connectivity index (χ2v) is 8.98. The maximum Gasteiger partial charge on any atom is 0.231 e. The number of carbonyl (C=O) groups is 1. The van der Waals surface area contributed by atoms with Crippen LogP contribution in [-0.4, -0.2) is 37.7 Å². The maximum atomic E-state index is 14.4. The highest BCUT2D eigenvalue weighted by Gasteiger charge is 2.20. The first-order chi connectivity index (χ1) is 15.2. The van der Waals surface area contributed by atoms with Gasteiger partial charge in [0.25, 0.3) is 0 Å². The Balaban J connectivity index is 1.81. The molecule has 0 fully saturated rings. The van der Waals surface area contributed by atoms with Crippen molar-refractivity contribution in [1.82, 2.24) is 14.7 Å². The first kappa shape index (κ1) is 23.3. The van der Waals surface area contributed by atoms with E-state index in [4.69, 9.17) is 4.74 Å². The van der Waals surface area contributed by atoms with Crippen molar-refractivity contribution in [3.63, 3.8) is 0 Å². The molecule has 32 heavy (non-hydrogen) atoms. The molecule has 10 heteroatoms. The van der Waals surface area contributed by atoms with Crippen LogP contribution < -0.4 is 14.8 Å². The zero-order valence-corrected chi connectivity index (χ0v) is 18.6. The quantitative estimate of drug-likeness (QED) is 0.537. The van der Waals surface area contributed by atoms with E-state index in [0.29, 0.717) is 28.4 Å². The molecular weight excluding hydrogens is 435 g/mol. The van der Waals surface area contributed by atoms with E-state index in [1.165, 1.54) is 19.2 Å². The van der Waals surface area contributed by atoms with Crippen LogP contribution in [0, 0.1) is 5.82 Å². The van der Waals surface area contributed by atoms with E-state index in [9.17, 15) is 17.6 Å². The smallest absolute Gasteiger partial charge is 0.231 e. The highest BCUT2D eigenvalue weighted by Crippen LogP contribution is 2.29. The average Bonchev–Trinajstić information content (AvgIpc) is 2.78. The summed E-state index contributed by atoms with van der Waals surface area (Å²) < 4.78 is 44.3. The van der Waals surface area contributed by atoms with Crippen molar-refractivity contribution < 1.29 is 22.3 Å². The van der Waals surface area contributed by atoms with Gasteiger partial charge in [-0.05, 0) is 36.8 Å². The minimum absolute atomic E-state index is 0.169. The summed E-state index contributed by atoms with van der Waals surface area (Å²) in [5, 5.41) is 2.84. The number of pyridine rings is 2. The first-order valence-corrected chi connectivity index (χ1v) is 11.6. The van der Waals surface area contributed by atoms with Crippen molar-refractivity contribution >= 4 is 21.6 Å². The van der Waals surface area contributed by atoms with Gasteiger partial charge in [-0.3, -0.25) is 9.78 Å².